The molecule has 5 nitrogen and oxygen atoms in total. The molecule has 25 heavy (non-hydrogen) atoms. The maximum atomic E-state index is 11.5. The van der Waals surface area contributed by atoms with Crippen molar-refractivity contribution in [2.24, 2.45) is 5.73 Å². The number of piperazine rings is 1. The van der Waals surface area contributed by atoms with Gasteiger partial charge in [-0.05, 0) is 31.2 Å². The number of nitrogens with zero attached hydrogens (tertiary/aromatic N) is 2. The lowest BCUT2D eigenvalue weighted by atomic mass is 10.2. The zero-order valence-electron chi connectivity index (χ0n) is 14.2. The summed E-state index contributed by atoms with van der Waals surface area (Å²) < 4.78 is 0. The van der Waals surface area contributed by atoms with E-state index < -0.39 is 0 Å². The molecular formula is C16H28Cl4N4O. The molecule has 1 heterocycles. The molecule has 0 aliphatic carbocycles. The zero-order chi connectivity index (χ0) is 15.8. The Morgan fingerprint density at radius 3 is 2.44 bits per heavy atom. The average molecular weight is 434 g/mol. The number of anilines is 1. The highest BCUT2D eigenvalue weighted by Crippen LogP contribution is 2.20. The fourth-order valence-electron chi connectivity index (χ4n) is 2.61. The van der Waals surface area contributed by atoms with Crippen LogP contribution in [-0.4, -0.2) is 56.6 Å². The lowest BCUT2D eigenvalue weighted by Gasteiger charge is -2.36. The quantitative estimate of drug-likeness (QED) is 0.693. The molecule has 1 amide bonds. The first-order valence-corrected chi connectivity index (χ1v) is 8.26. The molecule has 1 aliphatic heterocycles. The number of rotatable bonds is 7. The molecule has 1 fully saturated rings. The fourth-order valence-corrected chi connectivity index (χ4v) is 2.79. The van der Waals surface area contributed by atoms with Crippen molar-refractivity contribution >= 4 is 60.4 Å². The standard InChI is InChI=1S/C16H25ClN4O.3ClH/c17-14-3-1-4-15(13-14)21-11-9-20(10-12-21)8-7-19-16(22)5-2-6-18;;;/h1,3-4,13H,2,5-12,18H2,(H,19,22);3*1H. The summed E-state index contributed by atoms with van der Waals surface area (Å²) in [5.74, 6) is 0.100. The van der Waals surface area contributed by atoms with Gasteiger partial charge in [0, 0.05) is 56.4 Å². The largest absolute Gasteiger partial charge is 0.369 e. The molecule has 0 spiro atoms. The summed E-state index contributed by atoms with van der Waals surface area (Å²) in [7, 11) is 0. The first-order valence-electron chi connectivity index (χ1n) is 7.88. The van der Waals surface area contributed by atoms with Crippen molar-refractivity contribution in [3.05, 3.63) is 29.3 Å². The lowest BCUT2D eigenvalue weighted by Crippen LogP contribution is -2.48. The molecule has 3 N–H and O–H groups in total. The minimum atomic E-state index is 0. The third kappa shape index (κ3) is 9.73. The van der Waals surface area contributed by atoms with E-state index in [4.69, 9.17) is 17.3 Å². The van der Waals surface area contributed by atoms with Crippen LogP contribution in [0.3, 0.4) is 0 Å². The van der Waals surface area contributed by atoms with Crippen molar-refractivity contribution in [3.8, 4) is 0 Å². The molecule has 1 saturated heterocycles. The minimum absolute atomic E-state index is 0. The van der Waals surface area contributed by atoms with Crippen molar-refractivity contribution in [3.63, 3.8) is 0 Å². The Morgan fingerprint density at radius 2 is 1.84 bits per heavy atom. The van der Waals surface area contributed by atoms with Crippen LogP contribution in [0.1, 0.15) is 12.8 Å². The van der Waals surface area contributed by atoms with E-state index in [-0.39, 0.29) is 43.1 Å². The number of benzene rings is 1. The van der Waals surface area contributed by atoms with Crippen molar-refractivity contribution in [1.82, 2.24) is 10.2 Å². The highest BCUT2D eigenvalue weighted by Gasteiger charge is 2.17. The highest BCUT2D eigenvalue weighted by molar-refractivity contribution is 6.30. The predicted molar refractivity (Wildman–Crippen MR) is 113 cm³/mol. The van der Waals surface area contributed by atoms with Crippen LogP contribution in [0.15, 0.2) is 24.3 Å². The van der Waals surface area contributed by atoms with Crippen LogP contribution in [0, 0.1) is 0 Å². The van der Waals surface area contributed by atoms with Gasteiger partial charge in [0.2, 0.25) is 5.91 Å². The van der Waals surface area contributed by atoms with Gasteiger partial charge in [0.15, 0.2) is 0 Å². The van der Waals surface area contributed by atoms with Gasteiger partial charge >= 0.3 is 0 Å². The van der Waals surface area contributed by atoms with Gasteiger partial charge < -0.3 is 16.0 Å². The molecular weight excluding hydrogens is 406 g/mol. The van der Waals surface area contributed by atoms with Gasteiger partial charge in [0.25, 0.3) is 0 Å². The SMILES string of the molecule is Cl.Cl.Cl.NCCCC(=O)NCCN1CCN(c2cccc(Cl)c2)CC1. The van der Waals surface area contributed by atoms with Crippen molar-refractivity contribution in [2.45, 2.75) is 12.8 Å². The van der Waals surface area contributed by atoms with Crippen molar-refractivity contribution in [1.29, 1.82) is 0 Å². The topological polar surface area (TPSA) is 61.6 Å². The number of hydrogen-bond donors (Lipinski definition) is 2. The van der Waals surface area contributed by atoms with E-state index in [2.05, 4.69) is 21.2 Å². The van der Waals surface area contributed by atoms with Gasteiger partial charge in [-0.25, -0.2) is 0 Å². The molecule has 146 valence electrons. The third-order valence-corrected chi connectivity index (χ3v) is 4.14. The molecule has 0 bridgehead atoms. The van der Waals surface area contributed by atoms with Crippen LogP contribution >= 0.6 is 48.8 Å². The maximum Gasteiger partial charge on any atom is 0.220 e. The average Bonchev–Trinajstić information content (AvgIpc) is 2.53. The van der Waals surface area contributed by atoms with Crippen molar-refractivity contribution < 1.29 is 4.79 Å². The fraction of sp³-hybridized carbons (Fsp3) is 0.562. The molecule has 0 radical (unpaired) electrons. The van der Waals surface area contributed by atoms with Crippen LogP contribution in [0.25, 0.3) is 0 Å². The van der Waals surface area contributed by atoms with E-state index in [9.17, 15) is 4.79 Å². The lowest BCUT2D eigenvalue weighted by molar-refractivity contribution is -0.121. The van der Waals surface area contributed by atoms with Crippen LogP contribution in [0.4, 0.5) is 5.69 Å². The van der Waals surface area contributed by atoms with Gasteiger partial charge in [-0.3, -0.25) is 9.69 Å². The first kappa shape index (κ1) is 26.8. The molecule has 0 atom stereocenters. The molecule has 1 aromatic carbocycles. The summed E-state index contributed by atoms with van der Waals surface area (Å²) in [5.41, 5.74) is 6.57. The number of amides is 1. The molecule has 0 aromatic heterocycles. The number of nitrogens with one attached hydrogen (secondary N) is 1. The second-order valence-corrected chi connectivity index (χ2v) is 5.99. The number of hydrogen-bond acceptors (Lipinski definition) is 4. The molecule has 2 rings (SSSR count). The van der Waals surface area contributed by atoms with E-state index >= 15 is 0 Å². The van der Waals surface area contributed by atoms with Gasteiger partial charge in [-0.1, -0.05) is 17.7 Å². The Hall–Kier alpha value is -0.430. The zero-order valence-corrected chi connectivity index (χ0v) is 17.4. The molecule has 1 aliphatic rings. The van der Waals surface area contributed by atoms with Gasteiger partial charge in [-0.2, -0.15) is 0 Å². The summed E-state index contributed by atoms with van der Waals surface area (Å²) in [5, 5.41) is 3.73. The Balaban J connectivity index is 0. The number of nitrogens with two attached hydrogens (primary N) is 1. The minimum Gasteiger partial charge on any atom is -0.369 e. The molecule has 9 heteroatoms. The van der Waals surface area contributed by atoms with Crippen LogP contribution < -0.4 is 16.0 Å². The highest BCUT2D eigenvalue weighted by atomic mass is 35.5. The molecule has 0 saturated carbocycles. The Morgan fingerprint density at radius 1 is 1.16 bits per heavy atom. The normalized spacial score (nSPS) is 13.9. The first-order chi connectivity index (χ1) is 10.7. The van der Waals surface area contributed by atoms with E-state index in [0.29, 0.717) is 19.5 Å². The van der Waals surface area contributed by atoms with Gasteiger partial charge in [0.1, 0.15) is 0 Å². The second kappa shape index (κ2) is 14.7. The van der Waals surface area contributed by atoms with E-state index in [1.165, 1.54) is 5.69 Å². The van der Waals surface area contributed by atoms with E-state index in [0.717, 1.165) is 44.2 Å². The molecule has 0 unspecified atom stereocenters. The van der Waals surface area contributed by atoms with E-state index in [1.807, 2.05) is 18.2 Å². The summed E-state index contributed by atoms with van der Waals surface area (Å²) >= 11 is 6.04. The Labute approximate surface area is 173 Å². The van der Waals surface area contributed by atoms with Crippen LogP contribution in [-0.2, 0) is 4.79 Å². The summed E-state index contributed by atoms with van der Waals surface area (Å²) in [6.07, 6.45) is 1.28. The van der Waals surface area contributed by atoms with Crippen molar-refractivity contribution in [2.75, 3.05) is 50.7 Å². The number of carbonyl (C=O) groups excluding carboxylic acids is 1. The van der Waals surface area contributed by atoms with E-state index in [1.54, 1.807) is 0 Å². The summed E-state index contributed by atoms with van der Waals surface area (Å²) in [6.45, 7) is 6.16. The smallest absolute Gasteiger partial charge is 0.220 e. The Kier molecular flexibility index (Phi) is 15.8. The third-order valence-electron chi connectivity index (χ3n) is 3.90. The predicted octanol–water partition coefficient (Wildman–Crippen LogP) is 2.58. The summed E-state index contributed by atoms with van der Waals surface area (Å²) in [4.78, 5) is 16.2. The number of halogens is 4. The van der Waals surface area contributed by atoms with Gasteiger partial charge in [-0.15, -0.1) is 37.2 Å². The number of carbonyl (C=O) groups is 1. The molecule has 1 aromatic rings. The van der Waals surface area contributed by atoms with Crippen LogP contribution in [0.2, 0.25) is 5.02 Å². The summed E-state index contributed by atoms with van der Waals surface area (Å²) in [6, 6.07) is 7.99. The van der Waals surface area contributed by atoms with Gasteiger partial charge in [0.05, 0.1) is 0 Å². The maximum absolute atomic E-state index is 11.5. The second-order valence-electron chi connectivity index (χ2n) is 5.55. The Bertz CT molecular complexity index is 485. The monoisotopic (exact) mass is 432 g/mol. The van der Waals surface area contributed by atoms with Crippen LogP contribution in [0.5, 0.6) is 0 Å².